The fourth-order valence-corrected chi connectivity index (χ4v) is 4.51. The third-order valence-corrected chi connectivity index (χ3v) is 7.66. The van der Waals surface area contributed by atoms with Crippen LogP contribution in [0, 0.1) is 0 Å². The number of hydrogen-bond donors (Lipinski definition) is 5. The number of rotatable bonds is 11. The van der Waals surface area contributed by atoms with Gasteiger partial charge in [0.05, 0.1) is 22.0 Å². The van der Waals surface area contributed by atoms with Crippen LogP contribution in [0.2, 0.25) is 5.02 Å². The van der Waals surface area contributed by atoms with Crippen LogP contribution >= 0.6 is 11.6 Å². The summed E-state index contributed by atoms with van der Waals surface area (Å²) in [6.07, 6.45) is 1.87. The third-order valence-electron chi connectivity index (χ3n) is 5.17. The molecule has 0 bridgehead atoms. The number of amides is 2. The number of hydrogen-bond acceptors (Lipinski definition) is 9. The molecule has 3 aromatic rings. The van der Waals surface area contributed by atoms with E-state index in [9.17, 15) is 18.0 Å². The Kier molecular flexibility index (Phi) is 9.39. The van der Waals surface area contributed by atoms with E-state index in [1.165, 1.54) is 17.7 Å². The Morgan fingerprint density at radius 1 is 0.973 bits per heavy atom. The van der Waals surface area contributed by atoms with Gasteiger partial charge in [-0.25, -0.2) is 18.9 Å². The van der Waals surface area contributed by atoms with E-state index in [4.69, 9.17) is 16.8 Å². The van der Waals surface area contributed by atoms with Crippen molar-refractivity contribution >= 4 is 62.1 Å². The van der Waals surface area contributed by atoms with E-state index in [-0.39, 0.29) is 40.4 Å². The Labute approximate surface area is 219 Å². The highest BCUT2D eigenvalue weighted by Gasteiger charge is 2.23. The van der Waals surface area contributed by atoms with Gasteiger partial charge in [0.1, 0.15) is 5.02 Å². The van der Waals surface area contributed by atoms with Crippen molar-refractivity contribution in [2.75, 3.05) is 16.0 Å². The average Bonchev–Trinajstić information content (AvgIpc) is 2.87. The van der Waals surface area contributed by atoms with Crippen LogP contribution in [0.4, 0.5) is 28.8 Å². The molecule has 11 nitrogen and oxygen atoms in total. The zero-order valence-corrected chi connectivity index (χ0v) is 21.7. The number of hydroxylamine groups is 1. The second-order valence-electron chi connectivity index (χ2n) is 8.24. The molecule has 0 radical (unpaired) electrons. The summed E-state index contributed by atoms with van der Waals surface area (Å²) in [5.74, 6) is -0.363. The number of halogens is 1. The molecular weight excluding hydrogens is 520 g/mol. The molecule has 0 aliphatic rings. The minimum absolute atomic E-state index is 0.0455. The molecule has 0 aliphatic carbocycles. The van der Waals surface area contributed by atoms with Gasteiger partial charge in [-0.3, -0.25) is 14.8 Å². The number of anilines is 5. The van der Waals surface area contributed by atoms with Crippen molar-refractivity contribution in [1.82, 2.24) is 15.4 Å². The van der Waals surface area contributed by atoms with Crippen LogP contribution < -0.4 is 21.4 Å². The molecule has 3 rings (SSSR count). The molecule has 1 aromatic heterocycles. The summed E-state index contributed by atoms with van der Waals surface area (Å²) in [6, 6.07) is 13.3. The predicted octanol–water partition coefficient (Wildman–Crippen LogP) is 4.41. The lowest BCUT2D eigenvalue weighted by atomic mass is 10.2. The number of benzene rings is 2. The molecule has 0 aliphatic heterocycles. The van der Waals surface area contributed by atoms with Gasteiger partial charge in [0, 0.05) is 24.2 Å². The molecule has 0 unspecified atom stereocenters. The minimum Gasteiger partial charge on any atom is -0.338 e. The summed E-state index contributed by atoms with van der Waals surface area (Å²) in [7, 11) is -3.54. The molecule has 2 amide bonds. The van der Waals surface area contributed by atoms with Gasteiger partial charge >= 0.3 is 0 Å². The standard InChI is InChI=1S/C24H27ClN6O5S/c1-15(2)37(35,36)20-7-4-3-6-19(20)29-23-18(25)14-26-24(30-23)28-17-12-10-16(11-13-17)27-21(32)8-5-9-22(33)31-34/h3-4,6-7,10-15,34H,5,8-9H2,1-2H3,(H,27,32)(H,31,33)(H2,26,28,29,30). The van der Waals surface area contributed by atoms with Crippen molar-refractivity contribution in [2.45, 2.75) is 43.3 Å². The Bertz CT molecular complexity index is 1370. The summed E-state index contributed by atoms with van der Waals surface area (Å²) < 4.78 is 25.5. The summed E-state index contributed by atoms with van der Waals surface area (Å²) in [5, 5.41) is 16.8. The molecule has 0 spiro atoms. The lowest BCUT2D eigenvalue weighted by Gasteiger charge is -2.15. The van der Waals surface area contributed by atoms with Crippen molar-refractivity contribution in [3.8, 4) is 0 Å². The van der Waals surface area contributed by atoms with E-state index in [1.807, 2.05) is 0 Å². The lowest BCUT2D eigenvalue weighted by Crippen LogP contribution is -2.19. The van der Waals surface area contributed by atoms with Crippen LogP contribution in [0.15, 0.2) is 59.6 Å². The first-order valence-corrected chi connectivity index (χ1v) is 13.2. The van der Waals surface area contributed by atoms with Crippen LogP contribution in [0.25, 0.3) is 0 Å². The number of sulfone groups is 1. The number of carbonyl (C=O) groups excluding carboxylic acids is 2. The quantitative estimate of drug-likeness (QED) is 0.173. The first-order valence-electron chi connectivity index (χ1n) is 11.3. The summed E-state index contributed by atoms with van der Waals surface area (Å²) >= 11 is 6.27. The SMILES string of the molecule is CC(C)S(=O)(=O)c1ccccc1Nc1nc(Nc2ccc(NC(=O)CCCC(=O)NO)cc2)ncc1Cl. The molecule has 0 fully saturated rings. The summed E-state index contributed by atoms with van der Waals surface area (Å²) in [5.41, 5.74) is 3.06. The van der Waals surface area contributed by atoms with Crippen molar-refractivity contribution < 1.29 is 23.2 Å². The Hall–Kier alpha value is -3.74. The first-order chi connectivity index (χ1) is 17.6. The highest BCUT2D eigenvalue weighted by Crippen LogP contribution is 2.30. The zero-order valence-electron chi connectivity index (χ0n) is 20.2. The normalized spacial score (nSPS) is 11.2. The van der Waals surface area contributed by atoms with Crippen molar-refractivity contribution in [2.24, 2.45) is 0 Å². The third kappa shape index (κ3) is 7.62. The van der Waals surface area contributed by atoms with Crippen LogP contribution in [0.1, 0.15) is 33.1 Å². The fraction of sp³-hybridized carbons (Fsp3) is 0.250. The maximum Gasteiger partial charge on any atom is 0.243 e. The van der Waals surface area contributed by atoms with Gasteiger partial charge in [-0.15, -0.1) is 0 Å². The Morgan fingerprint density at radius 2 is 1.62 bits per heavy atom. The monoisotopic (exact) mass is 546 g/mol. The number of para-hydroxylation sites is 1. The second-order valence-corrected chi connectivity index (χ2v) is 11.1. The van der Waals surface area contributed by atoms with E-state index in [0.29, 0.717) is 23.5 Å². The topological polar surface area (TPSA) is 162 Å². The van der Waals surface area contributed by atoms with Crippen LogP contribution in [-0.2, 0) is 19.4 Å². The maximum atomic E-state index is 12.8. The maximum absolute atomic E-state index is 12.8. The number of nitrogens with one attached hydrogen (secondary N) is 4. The highest BCUT2D eigenvalue weighted by atomic mass is 35.5. The van der Waals surface area contributed by atoms with Gasteiger partial charge in [0.25, 0.3) is 0 Å². The Balaban J connectivity index is 1.68. The van der Waals surface area contributed by atoms with Crippen LogP contribution in [0.3, 0.4) is 0 Å². The van der Waals surface area contributed by atoms with Gasteiger partial charge < -0.3 is 16.0 Å². The molecule has 13 heteroatoms. The molecular formula is C24H27ClN6O5S. The molecule has 1 heterocycles. The molecule has 37 heavy (non-hydrogen) atoms. The molecule has 5 N–H and O–H groups in total. The smallest absolute Gasteiger partial charge is 0.243 e. The van der Waals surface area contributed by atoms with Crippen LogP contribution in [-0.4, -0.2) is 40.7 Å². The van der Waals surface area contributed by atoms with Gasteiger partial charge in [-0.2, -0.15) is 4.98 Å². The molecule has 2 aromatic carbocycles. The second kappa shape index (κ2) is 12.5. The zero-order chi connectivity index (χ0) is 27.0. The van der Waals surface area contributed by atoms with Crippen LogP contribution in [0.5, 0.6) is 0 Å². The molecule has 0 saturated heterocycles. The summed E-state index contributed by atoms with van der Waals surface area (Å²) in [6.45, 7) is 3.23. The highest BCUT2D eigenvalue weighted by molar-refractivity contribution is 7.92. The molecule has 0 atom stereocenters. The van der Waals surface area contributed by atoms with E-state index in [0.717, 1.165) is 0 Å². The van der Waals surface area contributed by atoms with Gasteiger partial charge in [-0.05, 0) is 56.7 Å². The van der Waals surface area contributed by atoms with Gasteiger partial charge in [0.2, 0.25) is 17.8 Å². The average molecular weight is 547 g/mol. The number of aromatic nitrogens is 2. The van der Waals surface area contributed by atoms with Gasteiger partial charge in [-0.1, -0.05) is 23.7 Å². The largest absolute Gasteiger partial charge is 0.338 e. The van der Waals surface area contributed by atoms with Gasteiger partial charge in [0.15, 0.2) is 15.7 Å². The van der Waals surface area contributed by atoms with E-state index in [1.54, 1.807) is 56.3 Å². The Morgan fingerprint density at radius 3 is 2.30 bits per heavy atom. The van der Waals surface area contributed by atoms with E-state index >= 15 is 0 Å². The van der Waals surface area contributed by atoms with Crippen molar-refractivity contribution in [1.29, 1.82) is 0 Å². The fourth-order valence-electron chi connectivity index (χ4n) is 3.17. The number of nitrogens with zero attached hydrogens (tertiary/aromatic N) is 2. The lowest BCUT2D eigenvalue weighted by molar-refractivity contribution is -0.129. The molecule has 196 valence electrons. The number of carbonyl (C=O) groups is 2. The van der Waals surface area contributed by atoms with E-state index in [2.05, 4.69) is 25.9 Å². The van der Waals surface area contributed by atoms with Crippen molar-refractivity contribution in [3.63, 3.8) is 0 Å². The molecule has 0 saturated carbocycles. The van der Waals surface area contributed by atoms with Crippen molar-refractivity contribution in [3.05, 3.63) is 59.8 Å². The summed E-state index contributed by atoms with van der Waals surface area (Å²) in [4.78, 5) is 31.7. The van der Waals surface area contributed by atoms with E-state index < -0.39 is 21.0 Å². The first kappa shape index (κ1) is 27.8. The predicted molar refractivity (Wildman–Crippen MR) is 141 cm³/mol. The minimum atomic E-state index is -3.54.